The second-order valence-corrected chi connectivity index (χ2v) is 17.5. The number of hydrogen-bond acceptors (Lipinski definition) is 9. The normalized spacial score (nSPS) is 52.9. The van der Waals surface area contributed by atoms with E-state index in [0.717, 1.165) is 44.8 Å². The van der Waals surface area contributed by atoms with Crippen molar-refractivity contribution in [1.82, 2.24) is 0 Å². The molecular formula is C36H54O10. The van der Waals surface area contributed by atoms with Crippen LogP contribution in [0.25, 0.3) is 0 Å². The number of carboxylic acids is 1. The van der Waals surface area contributed by atoms with E-state index in [9.17, 15) is 39.9 Å². The van der Waals surface area contributed by atoms with Crippen LogP contribution in [-0.2, 0) is 23.9 Å². The zero-order chi connectivity index (χ0) is 33.8. The molecule has 1 heterocycles. The van der Waals surface area contributed by atoms with Crippen molar-refractivity contribution in [3.05, 3.63) is 11.6 Å². The highest BCUT2D eigenvalue weighted by Crippen LogP contribution is 2.75. The van der Waals surface area contributed by atoms with E-state index in [2.05, 4.69) is 40.7 Å². The van der Waals surface area contributed by atoms with E-state index in [1.807, 2.05) is 6.92 Å². The fraction of sp³-hybridized carbons (Fsp3) is 0.861. The van der Waals surface area contributed by atoms with Crippen LogP contribution in [0, 0.1) is 50.2 Å². The largest absolute Gasteiger partial charge is 0.481 e. The molecular weight excluding hydrogens is 592 g/mol. The Morgan fingerprint density at radius 1 is 0.870 bits per heavy atom. The summed E-state index contributed by atoms with van der Waals surface area (Å²) in [6.45, 7) is 13.5. The van der Waals surface area contributed by atoms with Crippen molar-refractivity contribution < 1.29 is 49.4 Å². The summed E-state index contributed by atoms with van der Waals surface area (Å²) >= 11 is 0. The fourth-order valence-electron chi connectivity index (χ4n) is 11.9. The summed E-state index contributed by atoms with van der Waals surface area (Å²) in [5, 5.41) is 50.9. The van der Waals surface area contributed by atoms with Gasteiger partial charge in [0.1, 0.15) is 30.7 Å². The second-order valence-electron chi connectivity index (χ2n) is 17.5. The number of allylic oxidation sites excluding steroid dienone is 2. The van der Waals surface area contributed by atoms with Gasteiger partial charge in [-0.1, -0.05) is 46.3 Å². The van der Waals surface area contributed by atoms with Crippen molar-refractivity contribution in [2.45, 2.75) is 143 Å². The van der Waals surface area contributed by atoms with E-state index in [-0.39, 0.29) is 39.4 Å². The van der Waals surface area contributed by atoms with Gasteiger partial charge in [-0.15, -0.1) is 0 Å². The molecule has 0 aromatic heterocycles. The number of aliphatic carboxylic acids is 1. The summed E-state index contributed by atoms with van der Waals surface area (Å²) in [6.07, 6.45) is 1.17. The van der Waals surface area contributed by atoms with Crippen molar-refractivity contribution >= 4 is 18.2 Å². The number of carboxylic acid groups (broad SMARTS) is 1. The van der Waals surface area contributed by atoms with Gasteiger partial charge in [-0.25, -0.2) is 4.79 Å². The maximum absolute atomic E-state index is 13.3. The van der Waals surface area contributed by atoms with Crippen molar-refractivity contribution in [2.24, 2.45) is 50.2 Å². The van der Waals surface area contributed by atoms with Crippen LogP contribution in [0.3, 0.4) is 0 Å². The molecule has 6 rings (SSSR count). The summed E-state index contributed by atoms with van der Waals surface area (Å²) in [5.74, 6) is -1.47. The van der Waals surface area contributed by atoms with Crippen LogP contribution >= 0.6 is 0 Å². The maximum atomic E-state index is 13.3. The molecule has 0 spiro atoms. The minimum absolute atomic E-state index is 0.0155. The van der Waals surface area contributed by atoms with Gasteiger partial charge < -0.3 is 39.8 Å². The molecule has 0 aromatic carbocycles. The Morgan fingerprint density at radius 3 is 2.20 bits per heavy atom. The lowest BCUT2D eigenvalue weighted by molar-refractivity contribution is -0.284. The molecule has 4 saturated carbocycles. The Morgan fingerprint density at radius 2 is 1.54 bits per heavy atom. The molecule has 0 amide bonds. The molecule has 1 unspecified atom stereocenters. The number of aldehydes is 1. The Hall–Kier alpha value is -1.85. The number of esters is 1. The van der Waals surface area contributed by atoms with E-state index in [4.69, 9.17) is 9.47 Å². The first kappa shape index (κ1) is 34.0. The van der Waals surface area contributed by atoms with Gasteiger partial charge in [0.25, 0.3) is 0 Å². The number of rotatable bonds is 4. The van der Waals surface area contributed by atoms with E-state index >= 15 is 0 Å². The van der Waals surface area contributed by atoms with Crippen molar-refractivity contribution in [1.29, 1.82) is 0 Å². The number of carbonyl (C=O) groups is 3. The third-order valence-corrected chi connectivity index (χ3v) is 15.1. The highest BCUT2D eigenvalue weighted by atomic mass is 16.7. The van der Waals surface area contributed by atoms with E-state index < -0.39 is 59.6 Å². The van der Waals surface area contributed by atoms with Crippen molar-refractivity contribution in [3.8, 4) is 0 Å². The first-order valence-electron chi connectivity index (χ1n) is 17.3. The molecule has 5 N–H and O–H groups in total. The molecule has 5 aliphatic carbocycles. The summed E-state index contributed by atoms with van der Waals surface area (Å²) < 4.78 is 11.0. The highest BCUT2D eigenvalue weighted by molar-refractivity contribution is 5.77. The number of aliphatic hydroxyl groups excluding tert-OH is 4. The lowest BCUT2D eigenvalue weighted by Gasteiger charge is -2.71. The van der Waals surface area contributed by atoms with Gasteiger partial charge in [-0.2, -0.15) is 0 Å². The van der Waals surface area contributed by atoms with Crippen LogP contribution in [0.4, 0.5) is 0 Å². The number of hydrogen-bond donors (Lipinski definition) is 5. The van der Waals surface area contributed by atoms with Crippen LogP contribution < -0.4 is 0 Å². The Labute approximate surface area is 271 Å². The Bertz CT molecular complexity index is 1310. The minimum atomic E-state index is -1.87. The van der Waals surface area contributed by atoms with Gasteiger partial charge in [0.05, 0.1) is 10.8 Å². The Kier molecular flexibility index (Phi) is 8.01. The van der Waals surface area contributed by atoms with E-state index in [1.165, 1.54) is 5.57 Å². The molecule has 46 heavy (non-hydrogen) atoms. The van der Waals surface area contributed by atoms with E-state index in [0.29, 0.717) is 25.7 Å². The van der Waals surface area contributed by atoms with Gasteiger partial charge in [-0.05, 0) is 111 Å². The lowest BCUT2D eigenvalue weighted by Crippen LogP contribution is -2.66. The smallest absolute Gasteiger partial charge is 0.338 e. The second kappa shape index (κ2) is 10.8. The molecule has 5 fully saturated rings. The quantitative estimate of drug-likeness (QED) is 0.172. The highest BCUT2D eigenvalue weighted by Gasteiger charge is 2.70. The fourth-order valence-corrected chi connectivity index (χ4v) is 11.9. The van der Waals surface area contributed by atoms with Gasteiger partial charge in [0, 0.05) is 0 Å². The molecule has 258 valence electrons. The molecule has 6 aliphatic rings. The van der Waals surface area contributed by atoms with Crippen molar-refractivity contribution in [2.75, 3.05) is 0 Å². The third-order valence-electron chi connectivity index (χ3n) is 15.1. The summed E-state index contributed by atoms with van der Waals surface area (Å²) in [7, 11) is 0. The van der Waals surface area contributed by atoms with Crippen LogP contribution in [0.2, 0.25) is 0 Å². The topological polar surface area (TPSA) is 171 Å². The first-order chi connectivity index (χ1) is 21.3. The monoisotopic (exact) mass is 646 g/mol. The minimum Gasteiger partial charge on any atom is -0.481 e. The molecule has 10 nitrogen and oxygen atoms in total. The lowest BCUT2D eigenvalue weighted by atomic mass is 9.33. The summed E-state index contributed by atoms with van der Waals surface area (Å²) in [6, 6.07) is 0. The maximum Gasteiger partial charge on any atom is 0.338 e. The summed E-state index contributed by atoms with van der Waals surface area (Å²) in [4.78, 5) is 39.2. The number of fused-ring (bicyclic) bond motifs is 7. The van der Waals surface area contributed by atoms with Crippen LogP contribution in [0.1, 0.15) is 106 Å². The van der Waals surface area contributed by atoms with Gasteiger partial charge in [0.15, 0.2) is 12.4 Å². The third kappa shape index (κ3) is 4.49. The van der Waals surface area contributed by atoms with Crippen LogP contribution in [0.5, 0.6) is 0 Å². The molecule has 1 aliphatic heterocycles. The molecule has 0 aromatic rings. The number of carbonyl (C=O) groups excluding carboxylic acids is 2. The van der Waals surface area contributed by atoms with Crippen LogP contribution in [-0.4, -0.2) is 80.6 Å². The predicted octanol–water partition coefficient (Wildman–Crippen LogP) is 3.76. The van der Waals surface area contributed by atoms with E-state index in [1.54, 1.807) is 0 Å². The van der Waals surface area contributed by atoms with Crippen LogP contribution in [0.15, 0.2) is 11.6 Å². The predicted molar refractivity (Wildman–Crippen MR) is 166 cm³/mol. The standard InChI is InChI=1S/C36H54O10/c1-31(2)13-15-36(30(43)44)16-14-34(5)19(20(36)17-31)7-8-22-32(3)11-10-23(33(4,18-37)21(32)9-12-35(22,34)6)45-29(42)27-25(39)24(38)26(40)28(41)46-27/h7,18,20-28,38-41H,8-17H2,1-6H3,(H,43,44)/t20-,21+,22+,23?,24-,25-,26+,27-,28+,32-,33-,34+,35+,36-/m0/s1. The number of ether oxygens (including phenoxy) is 2. The molecule has 10 heteroatoms. The number of aliphatic hydroxyl groups is 4. The average molecular weight is 647 g/mol. The zero-order valence-corrected chi connectivity index (χ0v) is 28.2. The van der Waals surface area contributed by atoms with Gasteiger partial charge in [-0.3, -0.25) is 4.79 Å². The molecule has 14 atom stereocenters. The zero-order valence-electron chi connectivity index (χ0n) is 28.2. The van der Waals surface area contributed by atoms with Crippen molar-refractivity contribution in [3.63, 3.8) is 0 Å². The van der Waals surface area contributed by atoms with Gasteiger partial charge in [0.2, 0.25) is 0 Å². The average Bonchev–Trinajstić information content (AvgIpc) is 2.99. The SMILES string of the molecule is CC1(C)CC[C@]2(C(=O)O)CC[C@]3(C)C(=CC[C@@H]4[C@@]5(C)CCC(OC(=O)[C@H]6O[C@@H](O)[C@H](O)[C@@H](O)[C@@H]6O)[C@@](C)(C=O)[C@@H]5CC[C@]43C)[C@@H]2C1. The molecule has 0 bridgehead atoms. The van der Waals surface area contributed by atoms with Gasteiger partial charge >= 0.3 is 11.9 Å². The molecule has 0 radical (unpaired) electrons. The first-order valence-corrected chi connectivity index (χ1v) is 17.3. The molecule has 1 saturated heterocycles. The summed E-state index contributed by atoms with van der Waals surface area (Å²) in [5.41, 5.74) is -0.817. The Balaban J connectivity index is 1.30.